The van der Waals surface area contributed by atoms with E-state index >= 15 is 0 Å². The molecule has 3 aromatic rings. The van der Waals surface area contributed by atoms with Gasteiger partial charge < -0.3 is 19.7 Å². The molecule has 1 fully saturated rings. The van der Waals surface area contributed by atoms with Crippen LogP contribution in [0.5, 0.6) is 0 Å². The van der Waals surface area contributed by atoms with E-state index in [1.54, 1.807) is 23.3 Å². The van der Waals surface area contributed by atoms with Gasteiger partial charge in [0, 0.05) is 37.5 Å². The number of esters is 2. The summed E-state index contributed by atoms with van der Waals surface area (Å²) in [6.45, 7) is 1.26. The average Bonchev–Trinajstić information content (AvgIpc) is 3.43. The molecule has 0 radical (unpaired) electrons. The summed E-state index contributed by atoms with van der Waals surface area (Å²) in [6, 6.07) is 6.18. The molecule has 0 saturated carbocycles. The van der Waals surface area contributed by atoms with Crippen LogP contribution < -0.4 is 10.2 Å². The van der Waals surface area contributed by atoms with Gasteiger partial charge in [0.25, 0.3) is 0 Å². The van der Waals surface area contributed by atoms with Crippen LogP contribution in [0.15, 0.2) is 49.3 Å². The number of aromatic nitrogens is 4. The van der Waals surface area contributed by atoms with Gasteiger partial charge in [-0.15, -0.1) is 0 Å². The molecule has 11 nitrogen and oxygen atoms in total. The minimum Gasteiger partial charge on any atom is -0.465 e. The van der Waals surface area contributed by atoms with Gasteiger partial charge in [-0.3, -0.25) is 9.36 Å². The van der Waals surface area contributed by atoms with Crippen molar-refractivity contribution >= 4 is 29.4 Å². The summed E-state index contributed by atoms with van der Waals surface area (Å²) in [5.41, 5.74) is 0.592. The third kappa shape index (κ3) is 4.87. The van der Waals surface area contributed by atoms with Gasteiger partial charge in [0.05, 0.1) is 31.0 Å². The molecule has 0 unspecified atom stereocenters. The molecule has 1 aliphatic rings. The van der Waals surface area contributed by atoms with Crippen molar-refractivity contribution in [2.45, 2.75) is 12.8 Å². The summed E-state index contributed by atoms with van der Waals surface area (Å²) in [7, 11) is 2.52. The zero-order valence-electron chi connectivity index (χ0n) is 18.8. The van der Waals surface area contributed by atoms with Crippen molar-refractivity contribution in [1.29, 1.82) is 0 Å². The summed E-state index contributed by atoms with van der Waals surface area (Å²) >= 11 is 0. The number of carbonyl (C=O) groups excluding carboxylic acids is 3. The highest BCUT2D eigenvalue weighted by Gasteiger charge is 2.27. The van der Waals surface area contributed by atoms with E-state index < -0.39 is 11.9 Å². The molecule has 176 valence electrons. The molecule has 1 N–H and O–H groups in total. The van der Waals surface area contributed by atoms with Gasteiger partial charge in [0.15, 0.2) is 0 Å². The van der Waals surface area contributed by atoms with Crippen LogP contribution in [0.25, 0.3) is 5.82 Å². The molecular formula is C23H24N6O5. The molecule has 0 atom stereocenters. The van der Waals surface area contributed by atoms with Crippen LogP contribution in [0.1, 0.15) is 33.6 Å². The van der Waals surface area contributed by atoms with E-state index in [1.165, 1.54) is 38.7 Å². The number of benzene rings is 1. The number of hydrogen-bond acceptors (Lipinski definition) is 9. The van der Waals surface area contributed by atoms with Crippen LogP contribution in [-0.2, 0) is 14.3 Å². The third-order valence-electron chi connectivity index (χ3n) is 5.70. The van der Waals surface area contributed by atoms with Gasteiger partial charge in [0.1, 0.15) is 24.3 Å². The number of carbonyl (C=O) groups is 3. The molecule has 11 heteroatoms. The second-order valence-electron chi connectivity index (χ2n) is 7.70. The predicted octanol–water partition coefficient (Wildman–Crippen LogP) is 2.09. The maximum absolute atomic E-state index is 13.0. The van der Waals surface area contributed by atoms with E-state index in [9.17, 15) is 14.4 Å². The van der Waals surface area contributed by atoms with Gasteiger partial charge in [-0.1, -0.05) is 0 Å². The van der Waals surface area contributed by atoms with Gasteiger partial charge in [0.2, 0.25) is 5.91 Å². The van der Waals surface area contributed by atoms with Gasteiger partial charge in [-0.2, -0.15) is 0 Å². The van der Waals surface area contributed by atoms with Crippen molar-refractivity contribution in [2.24, 2.45) is 5.92 Å². The normalized spacial score (nSPS) is 13.9. The first kappa shape index (κ1) is 22.9. The Bertz CT molecular complexity index is 1190. The second kappa shape index (κ2) is 10.1. The summed E-state index contributed by atoms with van der Waals surface area (Å²) in [5, 5.41) is 2.80. The number of imidazole rings is 1. The van der Waals surface area contributed by atoms with Crippen LogP contribution >= 0.6 is 0 Å². The molecule has 1 saturated heterocycles. The first-order chi connectivity index (χ1) is 16.5. The number of piperidine rings is 1. The third-order valence-corrected chi connectivity index (χ3v) is 5.70. The molecule has 34 heavy (non-hydrogen) atoms. The lowest BCUT2D eigenvalue weighted by atomic mass is 9.95. The fraction of sp³-hybridized carbons (Fsp3) is 0.304. The topological polar surface area (TPSA) is 129 Å². The van der Waals surface area contributed by atoms with Crippen LogP contribution in [0.2, 0.25) is 0 Å². The number of amides is 1. The first-order valence-corrected chi connectivity index (χ1v) is 10.7. The zero-order valence-corrected chi connectivity index (χ0v) is 18.8. The van der Waals surface area contributed by atoms with E-state index in [4.69, 9.17) is 9.47 Å². The highest BCUT2D eigenvalue weighted by molar-refractivity contribution is 6.04. The minimum absolute atomic E-state index is 0.161. The molecule has 4 rings (SSSR count). The van der Waals surface area contributed by atoms with E-state index in [-0.39, 0.29) is 28.6 Å². The molecule has 2 aromatic heterocycles. The Kier molecular flexibility index (Phi) is 6.81. The van der Waals surface area contributed by atoms with Gasteiger partial charge in [-0.25, -0.2) is 24.5 Å². The summed E-state index contributed by atoms with van der Waals surface area (Å²) in [4.78, 5) is 51.8. The Morgan fingerprint density at radius 3 is 2.41 bits per heavy atom. The second-order valence-corrected chi connectivity index (χ2v) is 7.70. The Labute approximate surface area is 195 Å². The number of nitrogens with one attached hydrogen (secondary N) is 1. The minimum atomic E-state index is -0.612. The number of hydrogen-bond donors (Lipinski definition) is 1. The quantitative estimate of drug-likeness (QED) is 0.545. The summed E-state index contributed by atoms with van der Waals surface area (Å²) in [6.07, 6.45) is 7.85. The Morgan fingerprint density at radius 1 is 1.00 bits per heavy atom. The lowest BCUT2D eigenvalue weighted by Crippen LogP contribution is -2.38. The van der Waals surface area contributed by atoms with Crippen molar-refractivity contribution in [2.75, 3.05) is 37.5 Å². The van der Waals surface area contributed by atoms with Crippen LogP contribution in [0, 0.1) is 5.92 Å². The Morgan fingerprint density at radius 2 is 1.74 bits per heavy atom. The molecule has 0 spiro atoms. The lowest BCUT2D eigenvalue weighted by Gasteiger charge is -2.32. The molecule has 1 amide bonds. The van der Waals surface area contributed by atoms with Crippen molar-refractivity contribution in [1.82, 2.24) is 19.5 Å². The van der Waals surface area contributed by atoms with Gasteiger partial charge in [-0.05, 0) is 31.0 Å². The standard InChI is InChI=1S/C23H24N6O5/c1-33-22(31)16-3-4-17(23(32)34-2)18(11-16)27-21(30)15-5-8-28(9-6-15)19-12-20(26-13-25-19)29-10-7-24-14-29/h3-4,7,10-15H,5-6,8-9H2,1-2H3,(H,27,30). The number of rotatable bonds is 6. The Hall–Kier alpha value is -4.28. The van der Waals surface area contributed by atoms with Crippen LogP contribution in [0.3, 0.4) is 0 Å². The fourth-order valence-electron chi connectivity index (χ4n) is 3.83. The SMILES string of the molecule is COC(=O)c1ccc(C(=O)OC)c(NC(=O)C2CCN(c3cc(-n4ccnc4)ncn3)CC2)c1. The van der Waals surface area contributed by atoms with Crippen LogP contribution in [-0.4, -0.2) is 64.7 Å². The zero-order chi connectivity index (χ0) is 24.1. The maximum Gasteiger partial charge on any atom is 0.339 e. The van der Waals surface area contributed by atoms with Gasteiger partial charge >= 0.3 is 11.9 Å². The lowest BCUT2D eigenvalue weighted by molar-refractivity contribution is -0.120. The smallest absolute Gasteiger partial charge is 0.339 e. The van der Waals surface area contributed by atoms with E-state index in [2.05, 4.69) is 25.2 Å². The number of ether oxygens (including phenoxy) is 2. The number of methoxy groups -OCH3 is 2. The highest BCUT2D eigenvalue weighted by atomic mass is 16.5. The van der Waals surface area contributed by atoms with Crippen molar-refractivity contribution in [3.63, 3.8) is 0 Å². The van der Waals surface area contributed by atoms with E-state index in [1.807, 2.05) is 6.07 Å². The van der Waals surface area contributed by atoms with E-state index in [0.717, 1.165) is 5.82 Å². The highest BCUT2D eigenvalue weighted by Crippen LogP contribution is 2.26. The number of anilines is 2. The Balaban J connectivity index is 1.44. The molecule has 0 aliphatic carbocycles. The number of nitrogens with zero attached hydrogens (tertiary/aromatic N) is 5. The molecule has 3 heterocycles. The predicted molar refractivity (Wildman–Crippen MR) is 122 cm³/mol. The van der Waals surface area contributed by atoms with Crippen LogP contribution in [0.4, 0.5) is 11.5 Å². The van der Waals surface area contributed by atoms with Crippen molar-refractivity contribution in [3.8, 4) is 5.82 Å². The summed E-state index contributed by atoms with van der Waals surface area (Å²) in [5.74, 6) is -0.189. The maximum atomic E-state index is 13.0. The molecular weight excluding hydrogens is 440 g/mol. The molecule has 0 bridgehead atoms. The monoisotopic (exact) mass is 464 g/mol. The van der Waals surface area contributed by atoms with Crippen molar-refractivity contribution < 1.29 is 23.9 Å². The fourth-order valence-corrected chi connectivity index (χ4v) is 3.83. The first-order valence-electron chi connectivity index (χ1n) is 10.7. The largest absolute Gasteiger partial charge is 0.465 e. The molecule has 1 aromatic carbocycles. The van der Waals surface area contributed by atoms with E-state index in [0.29, 0.717) is 31.7 Å². The summed E-state index contributed by atoms with van der Waals surface area (Å²) < 4.78 is 11.3. The average molecular weight is 464 g/mol. The molecule has 1 aliphatic heterocycles. The van der Waals surface area contributed by atoms with Crippen molar-refractivity contribution in [3.05, 3.63) is 60.4 Å².